The Morgan fingerprint density at radius 3 is 2.37 bits per heavy atom. The van der Waals surface area contributed by atoms with Crippen LogP contribution in [0.25, 0.3) is 11.1 Å². The van der Waals surface area contributed by atoms with Crippen molar-refractivity contribution in [2.24, 2.45) is 5.41 Å². The number of aromatic nitrogens is 2. The van der Waals surface area contributed by atoms with Crippen molar-refractivity contribution in [2.45, 2.75) is 78.9 Å². The maximum Gasteiger partial charge on any atom is 0.337 e. The summed E-state index contributed by atoms with van der Waals surface area (Å²) < 4.78 is 27.3. The number of nitrogens with zero attached hydrogens (tertiary/aromatic N) is 3. The van der Waals surface area contributed by atoms with Crippen molar-refractivity contribution >= 4 is 11.7 Å². The molecule has 0 saturated carbocycles. The van der Waals surface area contributed by atoms with Crippen molar-refractivity contribution in [3.8, 4) is 17.0 Å². The molecule has 0 amide bonds. The second-order valence-electron chi connectivity index (χ2n) is 12.8. The fourth-order valence-electron chi connectivity index (χ4n) is 5.16. The van der Waals surface area contributed by atoms with Crippen LogP contribution in [0.5, 0.6) is 5.88 Å². The molecule has 0 spiro atoms. The van der Waals surface area contributed by atoms with Gasteiger partial charge in [-0.1, -0.05) is 51.1 Å². The van der Waals surface area contributed by atoms with E-state index in [0.29, 0.717) is 28.1 Å². The van der Waals surface area contributed by atoms with Gasteiger partial charge in [-0.2, -0.15) is 0 Å². The van der Waals surface area contributed by atoms with E-state index in [9.17, 15) is 9.90 Å². The molecular formula is C33H42FN3O4. The number of carboxylic acids is 1. The Morgan fingerprint density at radius 2 is 1.78 bits per heavy atom. The SMILES string of the molecule is Cc1ncc(-c2cnc(OCC(C)c3ccccc3)c(F)c2)c(N2CCC(C)(C)CC2)c1C(OC(C)(C)C)C(=O)O. The summed E-state index contributed by atoms with van der Waals surface area (Å²) in [6.45, 7) is 15.5. The molecule has 1 fully saturated rings. The van der Waals surface area contributed by atoms with Crippen molar-refractivity contribution in [3.63, 3.8) is 0 Å². The lowest BCUT2D eigenvalue weighted by Crippen LogP contribution is -2.39. The first-order valence-corrected chi connectivity index (χ1v) is 14.2. The number of aliphatic carboxylic acids is 1. The number of carboxylic acid groups (broad SMARTS) is 1. The van der Waals surface area contributed by atoms with Crippen molar-refractivity contribution in [1.29, 1.82) is 0 Å². The number of hydrogen-bond acceptors (Lipinski definition) is 6. The van der Waals surface area contributed by atoms with Gasteiger partial charge in [-0.15, -0.1) is 0 Å². The summed E-state index contributed by atoms with van der Waals surface area (Å²) in [5.74, 6) is -1.69. The molecule has 0 bridgehead atoms. The predicted octanol–water partition coefficient (Wildman–Crippen LogP) is 7.34. The Hall–Kier alpha value is -3.52. The Balaban J connectivity index is 1.74. The fourth-order valence-corrected chi connectivity index (χ4v) is 5.16. The van der Waals surface area contributed by atoms with Gasteiger partial charge in [-0.25, -0.2) is 14.2 Å². The monoisotopic (exact) mass is 563 g/mol. The van der Waals surface area contributed by atoms with E-state index in [-0.39, 0.29) is 23.8 Å². The highest BCUT2D eigenvalue weighted by Gasteiger charge is 2.36. The predicted molar refractivity (Wildman–Crippen MR) is 159 cm³/mol. The van der Waals surface area contributed by atoms with Gasteiger partial charge in [0.1, 0.15) is 0 Å². The highest BCUT2D eigenvalue weighted by atomic mass is 19.1. The summed E-state index contributed by atoms with van der Waals surface area (Å²) >= 11 is 0. The summed E-state index contributed by atoms with van der Waals surface area (Å²) in [4.78, 5) is 23.7. The van der Waals surface area contributed by atoms with Gasteiger partial charge in [0.05, 0.1) is 17.9 Å². The Bertz CT molecular complexity index is 1360. The Morgan fingerprint density at radius 1 is 1.12 bits per heavy atom. The molecule has 1 N–H and O–H groups in total. The van der Waals surface area contributed by atoms with Crippen LogP contribution >= 0.6 is 0 Å². The number of benzene rings is 1. The zero-order chi connectivity index (χ0) is 29.9. The van der Waals surface area contributed by atoms with Crippen LogP contribution in [-0.4, -0.2) is 46.3 Å². The minimum absolute atomic E-state index is 0.0617. The highest BCUT2D eigenvalue weighted by molar-refractivity contribution is 5.86. The first-order valence-electron chi connectivity index (χ1n) is 14.2. The zero-order valence-electron chi connectivity index (χ0n) is 25.2. The number of rotatable bonds is 9. The molecule has 1 aliphatic rings. The van der Waals surface area contributed by atoms with Crippen LogP contribution < -0.4 is 9.64 Å². The van der Waals surface area contributed by atoms with Gasteiger partial charge < -0.3 is 19.5 Å². The first kappa shape index (κ1) is 30.4. The molecular weight excluding hydrogens is 521 g/mol. The van der Waals surface area contributed by atoms with E-state index in [0.717, 1.165) is 31.5 Å². The molecule has 1 aliphatic heterocycles. The van der Waals surface area contributed by atoms with Crippen LogP contribution in [0.1, 0.15) is 83.2 Å². The minimum atomic E-state index is -1.24. The molecule has 220 valence electrons. The quantitative estimate of drug-likeness (QED) is 0.292. The number of anilines is 1. The summed E-state index contributed by atoms with van der Waals surface area (Å²) in [5.41, 5.74) is 3.44. The van der Waals surface area contributed by atoms with E-state index < -0.39 is 23.5 Å². The summed E-state index contributed by atoms with van der Waals surface area (Å²) in [7, 11) is 0. The van der Waals surface area contributed by atoms with Gasteiger partial charge >= 0.3 is 5.97 Å². The van der Waals surface area contributed by atoms with Crippen molar-refractivity contribution in [2.75, 3.05) is 24.6 Å². The van der Waals surface area contributed by atoms with Gasteiger partial charge in [-0.05, 0) is 57.6 Å². The molecule has 7 nitrogen and oxygen atoms in total. The molecule has 41 heavy (non-hydrogen) atoms. The average Bonchev–Trinajstić information content (AvgIpc) is 2.91. The highest BCUT2D eigenvalue weighted by Crippen LogP contribution is 2.43. The second kappa shape index (κ2) is 12.1. The summed E-state index contributed by atoms with van der Waals surface area (Å²) in [6.07, 6.45) is 3.87. The van der Waals surface area contributed by atoms with Crippen LogP contribution in [0.2, 0.25) is 0 Å². The van der Waals surface area contributed by atoms with Gasteiger partial charge in [0.15, 0.2) is 11.9 Å². The van der Waals surface area contributed by atoms with E-state index >= 15 is 4.39 Å². The zero-order valence-corrected chi connectivity index (χ0v) is 25.2. The lowest BCUT2D eigenvalue weighted by atomic mass is 9.82. The number of piperidine rings is 1. The van der Waals surface area contributed by atoms with Crippen LogP contribution in [0.15, 0.2) is 48.8 Å². The molecule has 1 aromatic carbocycles. The van der Waals surface area contributed by atoms with Gasteiger partial charge in [-0.3, -0.25) is 4.98 Å². The number of carbonyl (C=O) groups is 1. The summed E-state index contributed by atoms with van der Waals surface area (Å²) in [6, 6.07) is 11.3. The minimum Gasteiger partial charge on any atom is -0.479 e. The van der Waals surface area contributed by atoms with E-state index in [4.69, 9.17) is 9.47 Å². The fraction of sp³-hybridized carbons (Fsp3) is 0.485. The van der Waals surface area contributed by atoms with E-state index in [1.165, 1.54) is 6.07 Å². The first-order chi connectivity index (χ1) is 19.3. The number of pyridine rings is 2. The van der Waals surface area contributed by atoms with E-state index in [1.807, 2.05) is 58.0 Å². The lowest BCUT2D eigenvalue weighted by molar-refractivity contribution is -0.160. The standard InChI is InChI=1S/C33H42FN3O4/c1-21(23-11-9-8-10-12-23)20-40-30-26(34)17-24(18-36-30)25-19-35-22(2)27(29(31(38)39)41-32(3,4)5)28(25)37-15-13-33(6,7)14-16-37/h8-12,17-19,21,29H,13-16,20H2,1-7H3,(H,38,39). The van der Waals surface area contributed by atoms with Crippen LogP contribution in [0.3, 0.4) is 0 Å². The van der Waals surface area contributed by atoms with E-state index in [2.05, 4.69) is 28.7 Å². The third kappa shape index (κ3) is 7.41. The molecule has 2 atom stereocenters. The number of aryl methyl sites for hydroxylation is 1. The van der Waals surface area contributed by atoms with Crippen LogP contribution in [0.4, 0.5) is 10.1 Å². The van der Waals surface area contributed by atoms with Crippen molar-refractivity contribution in [1.82, 2.24) is 9.97 Å². The van der Waals surface area contributed by atoms with Crippen molar-refractivity contribution < 1.29 is 23.8 Å². The maximum absolute atomic E-state index is 15.4. The normalized spacial score (nSPS) is 16.7. The summed E-state index contributed by atoms with van der Waals surface area (Å²) in [5, 5.41) is 10.3. The lowest BCUT2D eigenvalue weighted by Gasteiger charge is -2.40. The van der Waals surface area contributed by atoms with E-state index in [1.54, 1.807) is 19.3 Å². The number of hydrogen-bond donors (Lipinski definition) is 1. The van der Waals surface area contributed by atoms with Crippen molar-refractivity contribution in [3.05, 3.63) is 71.4 Å². The molecule has 2 aromatic heterocycles. The number of ether oxygens (including phenoxy) is 2. The molecule has 8 heteroatoms. The Kier molecular flexibility index (Phi) is 9.02. The largest absolute Gasteiger partial charge is 0.479 e. The van der Waals surface area contributed by atoms with Crippen LogP contribution in [0, 0.1) is 18.2 Å². The average molecular weight is 564 g/mol. The molecule has 3 aromatic rings. The van der Waals surface area contributed by atoms with Gasteiger partial charge in [0, 0.05) is 53.8 Å². The Labute approximate surface area is 242 Å². The molecule has 4 rings (SSSR count). The molecule has 0 aliphatic carbocycles. The third-order valence-electron chi connectivity index (χ3n) is 7.64. The molecule has 0 radical (unpaired) electrons. The maximum atomic E-state index is 15.4. The number of halogens is 1. The topological polar surface area (TPSA) is 84.8 Å². The molecule has 1 saturated heterocycles. The second-order valence-corrected chi connectivity index (χ2v) is 12.8. The molecule has 3 heterocycles. The molecule has 2 unspecified atom stereocenters. The van der Waals surface area contributed by atoms with Gasteiger partial charge in [0.25, 0.3) is 0 Å². The third-order valence-corrected chi connectivity index (χ3v) is 7.64. The van der Waals surface area contributed by atoms with Crippen LogP contribution in [-0.2, 0) is 9.53 Å². The smallest absolute Gasteiger partial charge is 0.337 e. The van der Waals surface area contributed by atoms with Gasteiger partial charge in [0.2, 0.25) is 5.88 Å².